The van der Waals surface area contributed by atoms with Gasteiger partial charge in [0.25, 0.3) is 0 Å². The molecule has 0 fully saturated rings. The monoisotopic (exact) mass is 255 g/mol. The Morgan fingerprint density at radius 1 is 1.59 bits per heavy atom. The van der Waals surface area contributed by atoms with E-state index in [2.05, 4.69) is 10.3 Å². The fourth-order valence-corrected chi connectivity index (χ4v) is 2.22. The lowest BCUT2D eigenvalue weighted by atomic mass is 10.3. The lowest BCUT2D eigenvalue weighted by Crippen LogP contribution is -2.29. The molecule has 1 heterocycles. The summed E-state index contributed by atoms with van der Waals surface area (Å²) < 4.78 is 11.8. The quantitative estimate of drug-likeness (QED) is 0.732. The molecule has 1 aromatic rings. The minimum atomic E-state index is -1.48. The molecule has 17 heavy (non-hydrogen) atoms. The van der Waals surface area contributed by atoms with E-state index in [1.165, 1.54) is 6.20 Å². The highest BCUT2D eigenvalue weighted by atomic mass is 32.2. The number of pyridine rings is 1. The van der Waals surface area contributed by atoms with Gasteiger partial charge >= 0.3 is 0 Å². The Hall–Kier alpha value is -1.43. The van der Waals surface area contributed by atoms with E-state index in [0.29, 0.717) is 12.2 Å². The van der Waals surface area contributed by atoms with Crippen molar-refractivity contribution < 1.29 is 9.00 Å². The molecule has 6 heteroatoms. The summed E-state index contributed by atoms with van der Waals surface area (Å²) in [7, 11) is -1.48. The number of nitrogens with one attached hydrogen (secondary N) is 1. The minimum absolute atomic E-state index is 0.0923. The molecule has 1 aromatic heterocycles. The van der Waals surface area contributed by atoms with E-state index in [9.17, 15) is 9.00 Å². The summed E-state index contributed by atoms with van der Waals surface area (Å²) >= 11 is 0. The smallest absolute Gasteiger partial charge is 0.233 e. The maximum absolute atomic E-state index is 11.8. The Bertz CT molecular complexity index is 409. The maximum Gasteiger partial charge on any atom is 0.233 e. The summed E-state index contributed by atoms with van der Waals surface area (Å²) in [6, 6.07) is 3.28. The predicted octanol–water partition coefficient (Wildman–Crippen LogP) is 0.688. The zero-order valence-corrected chi connectivity index (χ0v) is 10.6. The van der Waals surface area contributed by atoms with Crippen LogP contribution >= 0.6 is 0 Å². The van der Waals surface area contributed by atoms with Gasteiger partial charge in [-0.1, -0.05) is 13.3 Å². The largest absolute Gasteiger partial charge is 0.396 e. The third kappa shape index (κ3) is 4.52. The molecule has 0 aliphatic carbocycles. The molecule has 1 unspecified atom stereocenters. The second-order valence-corrected chi connectivity index (χ2v) is 4.96. The fourth-order valence-electron chi connectivity index (χ4n) is 1.24. The number of carbonyl (C=O) groups is 1. The van der Waals surface area contributed by atoms with Crippen LogP contribution in [0.15, 0.2) is 23.4 Å². The zero-order valence-electron chi connectivity index (χ0n) is 9.81. The first-order chi connectivity index (χ1) is 8.15. The summed E-state index contributed by atoms with van der Waals surface area (Å²) in [6.45, 7) is 2.66. The number of hydrogen-bond acceptors (Lipinski definition) is 4. The molecule has 0 spiro atoms. The molecular formula is C11H17N3O2S. The van der Waals surface area contributed by atoms with Crippen molar-refractivity contribution in [3.63, 3.8) is 0 Å². The van der Waals surface area contributed by atoms with Crippen molar-refractivity contribution in [2.75, 3.05) is 18.0 Å². The van der Waals surface area contributed by atoms with Crippen LogP contribution in [0.4, 0.5) is 5.69 Å². The molecular weight excluding hydrogens is 238 g/mol. The third-order valence-corrected chi connectivity index (χ3v) is 3.43. The van der Waals surface area contributed by atoms with Crippen LogP contribution in [-0.2, 0) is 15.6 Å². The Kier molecular flexibility index (Phi) is 5.62. The molecule has 0 saturated carbocycles. The molecule has 5 nitrogen and oxygen atoms in total. The van der Waals surface area contributed by atoms with Gasteiger partial charge in [-0.15, -0.1) is 0 Å². The van der Waals surface area contributed by atoms with Gasteiger partial charge in [-0.3, -0.25) is 9.00 Å². The highest BCUT2D eigenvalue weighted by Gasteiger charge is 2.13. The van der Waals surface area contributed by atoms with Crippen LogP contribution in [0.3, 0.4) is 0 Å². The van der Waals surface area contributed by atoms with Gasteiger partial charge in [-0.05, 0) is 18.6 Å². The third-order valence-electron chi connectivity index (χ3n) is 2.13. The SMILES string of the molecule is CCCCNC(=O)CS(=O)c1ncccc1N. The summed E-state index contributed by atoms with van der Waals surface area (Å²) in [6.07, 6.45) is 3.44. The van der Waals surface area contributed by atoms with E-state index in [1.807, 2.05) is 6.92 Å². The van der Waals surface area contributed by atoms with Gasteiger partial charge in [-0.25, -0.2) is 4.98 Å². The van der Waals surface area contributed by atoms with Gasteiger partial charge < -0.3 is 11.1 Å². The standard InChI is InChI=1S/C11H17N3O2S/c1-2-3-6-13-10(15)8-17(16)11-9(12)5-4-7-14-11/h4-5,7H,2-3,6,8,12H2,1H3,(H,13,15). The van der Waals surface area contributed by atoms with Gasteiger partial charge in [0.15, 0.2) is 5.03 Å². The number of nitrogen functional groups attached to an aromatic ring is 1. The van der Waals surface area contributed by atoms with Crippen LogP contribution in [0.2, 0.25) is 0 Å². The Balaban J connectivity index is 2.49. The van der Waals surface area contributed by atoms with Crippen LogP contribution in [0.25, 0.3) is 0 Å². The second-order valence-electron chi connectivity index (χ2n) is 3.59. The molecule has 94 valence electrons. The highest BCUT2D eigenvalue weighted by Crippen LogP contribution is 2.11. The molecule has 0 bridgehead atoms. The summed E-state index contributed by atoms with van der Waals surface area (Å²) in [5.74, 6) is -0.327. The average molecular weight is 255 g/mol. The maximum atomic E-state index is 11.8. The van der Waals surface area contributed by atoms with E-state index in [1.54, 1.807) is 12.1 Å². The van der Waals surface area contributed by atoms with Gasteiger partial charge in [0.1, 0.15) is 5.75 Å². The van der Waals surface area contributed by atoms with Crippen molar-refractivity contribution in [2.45, 2.75) is 24.8 Å². The van der Waals surface area contributed by atoms with Crippen molar-refractivity contribution >= 4 is 22.4 Å². The van der Waals surface area contributed by atoms with Crippen molar-refractivity contribution in [1.82, 2.24) is 10.3 Å². The van der Waals surface area contributed by atoms with Gasteiger partial charge in [0.05, 0.1) is 16.5 Å². The topological polar surface area (TPSA) is 85.1 Å². The average Bonchev–Trinajstić information content (AvgIpc) is 2.29. The zero-order chi connectivity index (χ0) is 12.7. The van der Waals surface area contributed by atoms with Crippen molar-refractivity contribution in [3.8, 4) is 0 Å². The molecule has 0 aliphatic rings. The summed E-state index contributed by atoms with van der Waals surface area (Å²) in [5, 5.41) is 2.98. The van der Waals surface area contributed by atoms with E-state index in [4.69, 9.17) is 5.73 Å². The first-order valence-electron chi connectivity index (χ1n) is 5.50. The Morgan fingerprint density at radius 3 is 3.00 bits per heavy atom. The number of nitrogens with two attached hydrogens (primary N) is 1. The van der Waals surface area contributed by atoms with Crippen LogP contribution < -0.4 is 11.1 Å². The van der Waals surface area contributed by atoms with Crippen molar-refractivity contribution in [2.24, 2.45) is 0 Å². The molecule has 1 rings (SSSR count). The molecule has 0 saturated heterocycles. The fraction of sp³-hybridized carbons (Fsp3) is 0.455. The predicted molar refractivity (Wildman–Crippen MR) is 67.8 cm³/mol. The van der Waals surface area contributed by atoms with E-state index in [-0.39, 0.29) is 16.7 Å². The molecule has 1 amide bonds. The number of anilines is 1. The van der Waals surface area contributed by atoms with Crippen LogP contribution in [0.1, 0.15) is 19.8 Å². The number of aromatic nitrogens is 1. The molecule has 1 atom stereocenters. The number of unbranched alkanes of at least 4 members (excludes halogenated alkanes) is 1. The molecule has 0 aromatic carbocycles. The van der Waals surface area contributed by atoms with Crippen molar-refractivity contribution in [1.29, 1.82) is 0 Å². The summed E-state index contributed by atoms with van der Waals surface area (Å²) in [5.41, 5.74) is 5.99. The van der Waals surface area contributed by atoms with Crippen LogP contribution in [0, 0.1) is 0 Å². The normalized spacial score (nSPS) is 12.1. The lowest BCUT2D eigenvalue weighted by Gasteiger charge is -2.05. The molecule has 3 N–H and O–H groups in total. The Labute approximate surface area is 103 Å². The number of amides is 1. The van der Waals surface area contributed by atoms with E-state index >= 15 is 0 Å². The lowest BCUT2D eigenvalue weighted by molar-refractivity contribution is -0.118. The second kappa shape index (κ2) is 7.01. The minimum Gasteiger partial charge on any atom is -0.396 e. The number of hydrogen-bond donors (Lipinski definition) is 2. The highest BCUT2D eigenvalue weighted by molar-refractivity contribution is 7.85. The van der Waals surface area contributed by atoms with E-state index in [0.717, 1.165) is 12.8 Å². The van der Waals surface area contributed by atoms with Gasteiger partial charge in [0, 0.05) is 12.7 Å². The number of rotatable bonds is 6. The molecule has 0 radical (unpaired) electrons. The van der Waals surface area contributed by atoms with E-state index < -0.39 is 10.8 Å². The first kappa shape index (κ1) is 13.6. The van der Waals surface area contributed by atoms with Crippen LogP contribution in [-0.4, -0.2) is 27.4 Å². The van der Waals surface area contributed by atoms with Crippen LogP contribution in [0.5, 0.6) is 0 Å². The Morgan fingerprint density at radius 2 is 2.35 bits per heavy atom. The number of nitrogens with zero attached hydrogens (tertiary/aromatic N) is 1. The molecule has 0 aliphatic heterocycles. The first-order valence-corrected chi connectivity index (χ1v) is 6.82. The summed E-state index contributed by atoms with van der Waals surface area (Å²) in [4.78, 5) is 15.4. The van der Waals surface area contributed by atoms with Gasteiger partial charge in [0.2, 0.25) is 5.91 Å². The number of carbonyl (C=O) groups excluding carboxylic acids is 1. The van der Waals surface area contributed by atoms with Crippen molar-refractivity contribution in [3.05, 3.63) is 18.3 Å². The van der Waals surface area contributed by atoms with Gasteiger partial charge in [-0.2, -0.15) is 0 Å².